The van der Waals surface area contributed by atoms with Gasteiger partial charge in [0.2, 0.25) is 0 Å². The lowest BCUT2D eigenvalue weighted by atomic mass is 9.99. The lowest BCUT2D eigenvalue weighted by molar-refractivity contribution is 0.504. The van der Waals surface area contributed by atoms with Gasteiger partial charge in [-0.05, 0) is 48.9 Å². The predicted molar refractivity (Wildman–Crippen MR) is 73.3 cm³/mol. The molecule has 1 nitrogen and oxygen atoms in total. The van der Waals surface area contributed by atoms with Gasteiger partial charge >= 0.3 is 0 Å². The van der Waals surface area contributed by atoms with Gasteiger partial charge in [0.05, 0.1) is 0 Å². The summed E-state index contributed by atoms with van der Waals surface area (Å²) in [7, 11) is 1.82. The maximum atomic E-state index is 13.2. The number of hydrogen-bond acceptors (Lipinski definition) is 1. The highest BCUT2D eigenvalue weighted by atomic mass is 35.5. The first kappa shape index (κ1) is 14.0. The molecule has 0 saturated carbocycles. The minimum absolute atomic E-state index is 0.00330. The third kappa shape index (κ3) is 3.52. The molecule has 0 spiro atoms. The topological polar surface area (TPSA) is 12.0 Å². The van der Waals surface area contributed by atoms with E-state index < -0.39 is 11.6 Å². The van der Waals surface area contributed by atoms with E-state index in [0.717, 1.165) is 17.2 Å². The van der Waals surface area contributed by atoms with Gasteiger partial charge in [0, 0.05) is 11.1 Å². The summed E-state index contributed by atoms with van der Waals surface area (Å²) in [6.07, 6.45) is 0.564. The Bertz CT molecular complexity index is 572. The van der Waals surface area contributed by atoms with Crippen LogP contribution in [0.2, 0.25) is 5.02 Å². The van der Waals surface area contributed by atoms with Crippen LogP contribution in [0.3, 0.4) is 0 Å². The SMILES string of the molecule is CNC(Cc1ccc(F)c(F)c1)c1cccc(Cl)c1. The first-order valence-electron chi connectivity index (χ1n) is 5.97. The Balaban J connectivity index is 2.21. The van der Waals surface area contributed by atoms with E-state index in [1.807, 2.05) is 25.2 Å². The zero-order chi connectivity index (χ0) is 13.8. The maximum absolute atomic E-state index is 13.2. The van der Waals surface area contributed by atoms with Gasteiger partial charge < -0.3 is 5.32 Å². The molecule has 0 aliphatic carbocycles. The molecule has 100 valence electrons. The molecule has 0 aliphatic heterocycles. The molecule has 0 heterocycles. The van der Waals surface area contributed by atoms with Crippen LogP contribution in [-0.2, 0) is 6.42 Å². The summed E-state index contributed by atoms with van der Waals surface area (Å²) in [6.45, 7) is 0. The summed E-state index contributed by atoms with van der Waals surface area (Å²) in [6, 6.07) is 11.5. The zero-order valence-electron chi connectivity index (χ0n) is 10.5. The molecule has 4 heteroatoms. The quantitative estimate of drug-likeness (QED) is 0.889. The van der Waals surface area contributed by atoms with Crippen LogP contribution in [0.15, 0.2) is 42.5 Å². The molecular weight excluding hydrogens is 268 g/mol. The lowest BCUT2D eigenvalue weighted by Crippen LogP contribution is -2.18. The third-order valence-electron chi connectivity index (χ3n) is 3.02. The Morgan fingerprint density at radius 1 is 1.11 bits per heavy atom. The van der Waals surface area contributed by atoms with E-state index in [2.05, 4.69) is 5.32 Å². The minimum Gasteiger partial charge on any atom is -0.313 e. The van der Waals surface area contributed by atoms with Crippen molar-refractivity contribution in [3.8, 4) is 0 Å². The number of hydrogen-bond donors (Lipinski definition) is 1. The van der Waals surface area contributed by atoms with Crippen molar-refractivity contribution in [2.75, 3.05) is 7.05 Å². The molecule has 0 aliphatic rings. The normalized spacial score (nSPS) is 12.4. The van der Waals surface area contributed by atoms with Gasteiger partial charge in [0.25, 0.3) is 0 Å². The second-order valence-electron chi connectivity index (χ2n) is 4.35. The Morgan fingerprint density at radius 3 is 2.53 bits per heavy atom. The van der Waals surface area contributed by atoms with E-state index in [4.69, 9.17) is 11.6 Å². The molecule has 0 radical (unpaired) electrons. The molecule has 0 bridgehead atoms. The average Bonchev–Trinajstić information content (AvgIpc) is 2.40. The summed E-state index contributed by atoms with van der Waals surface area (Å²) in [5.74, 6) is -1.65. The summed E-state index contributed by atoms with van der Waals surface area (Å²) in [5.41, 5.74) is 1.75. The van der Waals surface area contributed by atoms with Crippen LogP contribution >= 0.6 is 11.6 Å². The van der Waals surface area contributed by atoms with Crippen molar-refractivity contribution < 1.29 is 8.78 Å². The highest BCUT2D eigenvalue weighted by molar-refractivity contribution is 6.30. The summed E-state index contributed by atoms with van der Waals surface area (Å²) in [4.78, 5) is 0. The van der Waals surface area contributed by atoms with Crippen molar-refractivity contribution in [1.29, 1.82) is 0 Å². The molecule has 2 aromatic rings. The molecule has 19 heavy (non-hydrogen) atoms. The molecule has 2 aromatic carbocycles. The van der Waals surface area contributed by atoms with Crippen molar-refractivity contribution in [3.63, 3.8) is 0 Å². The second kappa shape index (κ2) is 6.13. The molecule has 1 N–H and O–H groups in total. The monoisotopic (exact) mass is 281 g/mol. The van der Waals surface area contributed by atoms with Gasteiger partial charge in [-0.1, -0.05) is 29.8 Å². The molecular formula is C15H14ClF2N. The average molecular weight is 282 g/mol. The minimum atomic E-state index is -0.826. The fourth-order valence-electron chi connectivity index (χ4n) is 2.01. The Kier molecular flexibility index (Phi) is 4.51. The van der Waals surface area contributed by atoms with Crippen molar-refractivity contribution in [2.24, 2.45) is 0 Å². The molecule has 1 atom stereocenters. The first-order chi connectivity index (χ1) is 9.10. The summed E-state index contributed by atoms with van der Waals surface area (Å²) < 4.78 is 26.1. The van der Waals surface area contributed by atoms with E-state index in [1.165, 1.54) is 6.07 Å². The van der Waals surface area contributed by atoms with E-state index in [1.54, 1.807) is 12.1 Å². The number of benzene rings is 2. The summed E-state index contributed by atoms with van der Waals surface area (Å²) in [5, 5.41) is 3.81. The van der Waals surface area contributed by atoms with Gasteiger partial charge in [0.1, 0.15) is 0 Å². The highest BCUT2D eigenvalue weighted by Gasteiger charge is 2.12. The highest BCUT2D eigenvalue weighted by Crippen LogP contribution is 2.22. The predicted octanol–water partition coefficient (Wildman–Crippen LogP) is 4.12. The van der Waals surface area contributed by atoms with Crippen LogP contribution in [0.1, 0.15) is 17.2 Å². The van der Waals surface area contributed by atoms with E-state index >= 15 is 0 Å². The largest absolute Gasteiger partial charge is 0.313 e. The van der Waals surface area contributed by atoms with Crippen LogP contribution < -0.4 is 5.32 Å². The Morgan fingerprint density at radius 2 is 1.89 bits per heavy atom. The lowest BCUT2D eigenvalue weighted by Gasteiger charge is -2.17. The van der Waals surface area contributed by atoms with Gasteiger partial charge in [-0.25, -0.2) is 8.78 Å². The molecule has 0 aromatic heterocycles. The van der Waals surface area contributed by atoms with Gasteiger partial charge in [-0.15, -0.1) is 0 Å². The van der Waals surface area contributed by atoms with Crippen molar-refractivity contribution in [3.05, 3.63) is 70.2 Å². The molecule has 0 saturated heterocycles. The maximum Gasteiger partial charge on any atom is 0.159 e. The van der Waals surface area contributed by atoms with Crippen LogP contribution in [-0.4, -0.2) is 7.05 Å². The first-order valence-corrected chi connectivity index (χ1v) is 6.34. The number of nitrogens with one attached hydrogen (secondary N) is 1. The molecule has 0 fully saturated rings. The van der Waals surface area contributed by atoms with Crippen molar-refractivity contribution >= 4 is 11.6 Å². The summed E-state index contributed by atoms with van der Waals surface area (Å²) >= 11 is 5.96. The van der Waals surface area contributed by atoms with E-state index in [-0.39, 0.29) is 6.04 Å². The van der Waals surface area contributed by atoms with Crippen molar-refractivity contribution in [1.82, 2.24) is 5.32 Å². The van der Waals surface area contributed by atoms with Gasteiger partial charge in [-0.2, -0.15) is 0 Å². The third-order valence-corrected chi connectivity index (χ3v) is 3.26. The molecule has 2 rings (SSSR count). The van der Waals surface area contributed by atoms with Crippen LogP contribution in [0, 0.1) is 11.6 Å². The smallest absolute Gasteiger partial charge is 0.159 e. The molecule has 0 amide bonds. The van der Waals surface area contributed by atoms with Crippen LogP contribution in [0.25, 0.3) is 0 Å². The van der Waals surface area contributed by atoms with Crippen LogP contribution in [0.4, 0.5) is 8.78 Å². The zero-order valence-corrected chi connectivity index (χ0v) is 11.2. The van der Waals surface area contributed by atoms with Gasteiger partial charge in [-0.3, -0.25) is 0 Å². The fraction of sp³-hybridized carbons (Fsp3) is 0.200. The van der Waals surface area contributed by atoms with Crippen molar-refractivity contribution in [2.45, 2.75) is 12.5 Å². The standard InChI is InChI=1S/C15H14ClF2N/c1-19-15(11-3-2-4-12(16)9-11)8-10-5-6-13(17)14(18)7-10/h2-7,9,15,19H,8H2,1H3. The Labute approximate surface area is 116 Å². The van der Waals surface area contributed by atoms with Crippen LogP contribution in [0.5, 0.6) is 0 Å². The van der Waals surface area contributed by atoms with E-state index in [9.17, 15) is 8.78 Å². The fourth-order valence-corrected chi connectivity index (χ4v) is 2.21. The Hall–Kier alpha value is -1.45. The second-order valence-corrected chi connectivity index (χ2v) is 4.79. The van der Waals surface area contributed by atoms with Gasteiger partial charge in [0.15, 0.2) is 11.6 Å². The molecule has 1 unspecified atom stereocenters. The number of halogens is 3. The number of rotatable bonds is 4. The number of likely N-dealkylation sites (N-methyl/N-ethyl adjacent to an activating group) is 1. The van der Waals surface area contributed by atoms with E-state index in [0.29, 0.717) is 11.4 Å².